The number of nitrogens with zero attached hydrogens (tertiary/aromatic N) is 2. The number of rotatable bonds is 3. The van der Waals surface area contributed by atoms with E-state index in [1.807, 2.05) is 0 Å². The van der Waals surface area contributed by atoms with Gasteiger partial charge < -0.3 is 10.8 Å². The van der Waals surface area contributed by atoms with Gasteiger partial charge in [-0.15, -0.1) is 0 Å². The molecule has 1 amide bonds. The van der Waals surface area contributed by atoms with Gasteiger partial charge in [-0.1, -0.05) is 11.8 Å². The third-order valence-electron chi connectivity index (χ3n) is 3.22. The summed E-state index contributed by atoms with van der Waals surface area (Å²) in [5.41, 5.74) is 5.61. The van der Waals surface area contributed by atoms with E-state index in [2.05, 4.69) is 16.8 Å². The zero-order valence-corrected chi connectivity index (χ0v) is 12.0. The van der Waals surface area contributed by atoms with Gasteiger partial charge in [0.25, 0.3) is 0 Å². The van der Waals surface area contributed by atoms with Gasteiger partial charge in [-0.25, -0.2) is 8.42 Å². The number of carbonyl (C=O) groups excluding carboxylic acids is 1. The summed E-state index contributed by atoms with van der Waals surface area (Å²) in [5, 5.41) is 8.65. The molecule has 112 valence electrons. The van der Waals surface area contributed by atoms with Crippen LogP contribution in [0.2, 0.25) is 0 Å². The predicted octanol–water partition coefficient (Wildman–Crippen LogP) is -1.08. The van der Waals surface area contributed by atoms with Crippen LogP contribution in [0.4, 0.5) is 0 Å². The lowest BCUT2D eigenvalue weighted by Gasteiger charge is -2.15. The fraction of sp³-hybridized carbons (Fsp3) is 0.385. The standard InChI is InChI=1S/C13H15N3O4S/c14-13(18)11-3-4-16(9-11)21(19,20)12-6-10(2-1-5-17)7-15-8-12/h6-8,11,17H,3-5,9H2,(H2,14,18). The average Bonchev–Trinajstić information content (AvgIpc) is 2.96. The minimum atomic E-state index is -3.72. The Morgan fingerprint density at radius 3 is 2.90 bits per heavy atom. The molecule has 1 fully saturated rings. The van der Waals surface area contributed by atoms with Crippen molar-refractivity contribution in [3.05, 3.63) is 24.0 Å². The van der Waals surface area contributed by atoms with E-state index in [0.717, 1.165) is 0 Å². The minimum Gasteiger partial charge on any atom is -0.384 e. The second kappa shape index (κ2) is 6.22. The molecule has 0 spiro atoms. The summed E-state index contributed by atoms with van der Waals surface area (Å²) in [7, 11) is -3.72. The highest BCUT2D eigenvalue weighted by atomic mass is 32.2. The second-order valence-electron chi connectivity index (χ2n) is 4.62. The number of aliphatic hydroxyl groups excluding tert-OH is 1. The number of hydrogen-bond donors (Lipinski definition) is 2. The van der Waals surface area contributed by atoms with Crippen molar-refractivity contribution >= 4 is 15.9 Å². The molecule has 1 aromatic rings. The van der Waals surface area contributed by atoms with Crippen molar-refractivity contribution in [1.29, 1.82) is 0 Å². The first-order chi connectivity index (χ1) is 9.95. The molecule has 3 N–H and O–H groups in total. The van der Waals surface area contributed by atoms with Crippen LogP contribution < -0.4 is 5.73 Å². The van der Waals surface area contributed by atoms with E-state index in [-0.39, 0.29) is 24.6 Å². The van der Waals surface area contributed by atoms with E-state index in [9.17, 15) is 13.2 Å². The molecule has 1 atom stereocenters. The first-order valence-electron chi connectivity index (χ1n) is 6.29. The molecule has 0 aromatic carbocycles. The van der Waals surface area contributed by atoms with Crippen LogP contribution in [0.3, 0.4) is 0 Å². The lowest BCUT2D eigenvalue weighted by Crippen LogP contribution is -2.31. The van der Waals surface area contributed by atoms with E-state index in [0.29, 0.717) is 12.0 Å². The number of primary amides is 1. The average molecular weight is 309 g/mol. The first kappa shape index (κ1) is 15.4. The van der Waals surface area contributed by atoms with Gasteiger partial charge in [0.2, 0.25) is 15.9 Å². The summed E-state index contributed by atoms with van der Waals surface area (Å²) in [6, 6.07) is 1.39. The van der Waals surface area contributed by atoms with Crippen LogP contribution >= 0.6 is 0 Å². The summed E-state index contributed by atoms with van der Waals surface area (Å²) in [6.07, 6.45) is 3.07. The third-order valence-corrected chi connectivity index (χ3v) is 5.05. The number of sulfonamides is 1. The topological polar surface area (TPSA) is 114 Å². The number of amides is 1. The number of pyridine rings is 1. The van der Waals surface area contributed by atoms with Crippen LogP contribution in [0.1, 0.15) is 12.0 Å². The summed E-state index contributed by atoms with van der Waals surface area (Å²) in [5.74, 6) is 4.09. The zero-order chi connectivity index (χ0) is 15.5. The molecule has 0 saturated carbocycles. The number of nitrogens with two attached hydrogens (primary N) is 1. The Balaban J connectivity index is 2.26. The monoisotopic (exact) mass is 309 g/mol. The van der Waals surface area contributed by atoms with E-state index in [4.69, 9.17) is 10.8 Å². The number of aromatic nitrogens is 1. The number of aliphatic hydroxyl groups is 1. The van der Waals surface area contributed by atoms with Gasteiger partial charge in [0.05, 0.1) is 5.92 Å². The van der Waals surface area contributed by atoms with Crippen molar-refractivity contribution in [2.75, 3.05) is 19.7 Å². The Hall–Kier alpha value is -1.95. The quantitative estimate of drug-likeness (QED) is 0.690. The van der Waals surface area contributed by atoms with E-state index < -0.39 is 21.8 Å². The maximum absolute atomic E-state index is 12.5. The van der Waals surface area contributed by atoms with Gasteiger partial charge in [-0.3, -0.25) is 9.78 Å². The van der Waals surface area contributed by atoms with Crippen molar-refractivity contribution in [2.45, 2.75) is 11.3 Å². The van der Waals surface area contributed by atoms with Crippen molar-refractivity contribution < 1.29 is 18.3 Å². The molecule has 2 heterocycles. The van der Waals surface area contributed by atoms with Gasteiger partial charge in [0.1, 0.15) is 11.5 Å². The lowest BCUT2D eigenvalue weighted by molar-refractivity contribution is -0.121. The molecule has 7 nitrogen and oxygen atoms in total. The van der Waals surface area contributed by atoms with Gasteiger partial charge in [0, 0.05) is 31.0 Å². The Morgan fingerprint density at radius 1 is 1.52 bits per heavy atom. The molecule has 0 radical (unpaired) electrons. The molecular weight excluding hydrogens is 294 g/mol. The zero-order valence-electron chi connectivity index (χ0n) is 11.2. The summed E-state index contributed by atoms with van der Waals surface area (Å²) in [6.45, 7) is 0.0239. The molecular formula is C13H15N3O4S. The Labute approximate surface area is 122 Å². The van der Waals surface area contributed by atoms with Gasteiger partial charge >= 0.3 is 0 Å². The predicted molar refractivity (Wildman–Crippen MR) is 74.3 cm³/mol. The molecule has 0 bridgehead atoms. The van der Waals surface area contributed by atoms with Crippen LogP contribution in [-0.4, -0.2) is 48.4 Å². The van der Waals surface area contributed by atoms with Crippen LogP contribution in [0, 0.1) is 17.8 Å². The van der Waals surface area contributed by atoms with E-state index in [1.165, 1.54) is 22.8 Å². The van der Waals surface area contributed by atoms with Crippen LogP contribution in [0.25, 0.3) is 0 Å². The molecule has 8 heteroatoms. The third kappa shape index (κ3) is 3.39. The van der Waals surface area contributed by atoms with Gasteiger partial charge in [-0.05, 0) is 12.5 Å². The van der Waals surface area contributed by atoms with Crippen molar-refractivity contribution in [1.82, 2.24) is 9.29 Å². The maximum atomic E-state index is 12.5. The molecule has 1 saturated heterocycles. The molecule has 1 aromatic heterocycles. The molecule has 1 unspecified atom stereocenters. The Bertz CT molecular complexity index is 706. The Kier molecular flexibility index (Phi) is 4.57. The molecule has 2 rings (SSSR count). The smallest absolute Gasteiger partial charge is 0.244 e. The van der Waals surface area contributed by atoms with Crippen molar-refractivity contribution in [3.8, 4) is 11.8 Å². The van der Waals surface area contributed by atoms with Gasteiger partial charge in [0.15, 0.2) is 0 Å². The lowest BCUT2D eigenvalue weighted by atomic mass is 10.1. The highest BCUT2D eigenvalue weighted by Gasteiger charge is 2.35. The minimum absolute atomic E-state index is 0.0114. The van der Waals surface area contributed by atoms with Crippen LogP contribution in [-0.2, 0) is 14.8 Å². The molecule has 1 aliphatic rings. The SMILES string of the molecule is NC(=O)C1CCN(S(=O)(=O)c2cncc(C#CCO)c2)C1. The van der Waals surface area contributed by atoms with Crippen LogP contribution in [0.5, 0.6) is 0 Å². The molecule has 21 heavy (non-hydrogen) atoms. The highest BCUT2D eigenvalue weighted by Crippen LogP contribution is 2.24. The maximum Gasteiger partial charge on any atom is 0.244 e. The molecule has 1 aliphatic heterocycles. The fourth-order valence-corrected chi connectivity index (χ4v) is 3.59. The number of carbonyl (C=O) groups is 1. The Morgan fingerprint density at radius 2 is 2.29 bits per heavy atom. The van der Waals surface area contributed by atoms with E-state index >= 15 is 0 Å². The molecule has 0 aliphatic carbocycles. The van der Waals surface area contributed by atoms with E-state index in [1.54, 1.807) is 0 Å². The van der Waals surface area contributed by atoms with Gasteiger partial charge in [-0.2, -0.15) is 4.31 Å². The van der Waals surface area contributed by atoms with Crippen molar-refractivity contribution in [2.24, 2.45) is 11.7 Å². The number of hydrogen-bond acceptors (Lipinski definition) is 5. The van der Waals surface area contributed by atoms with Crippen LogP contribution in [0.15, 0.2) is 23.4 Å². The second-order valence-corrected chi connectivity index (χ2v) is 6.56. The summed E-state index contributed by atoms with van der Waals surface area (Å²) < 4.78 is 26.2. The summed E-state index contributed by atoms with van der Waals surface area (Å²) >= 11 is 0. The highest BCUT2D eigenvalue weighted by molar-refractivity contribution is 7.89. The summed E-state index contributed by atoms with van der Waals surface area (Å²) in [4.78, 5) is 15.0. The fourth-order valence-electron chi connectivity index (χ4n) is 2.10. The normalized spacial score (nSPS) is 19.0. The largest absolute Gasteiger partial charge is 0.384 e. The first-order valence-corrected chi connectivity index (χ1v) is 7.73. The van der Waals surface area contributed by atoms with Crippen molar-refractivity contribution in [3.63, 3.8) is 0 Å².